The maximum Gasteiger partial charge on any atom is 0.270 e. The maximum absolute atomic E-state index is 13.1. The van der Waals surface area contributed by atoms with E-state index in [1.165, 1.54) is 29.5 Å². The Balaban J connectivity index is 1.51. The second-order valence-corrected chi connectivity index (χ2v) is 6.31. The molecule has 1 atom stereocenters. The average molecular weight is 335 g/mol. The highest BCUT2D eigenvalue weighted by Crippen LogP contribution is 2.21. The van der Waals surface area contributed by atoms with E-state index in [1.54, 1.807) is 23.0 Å². The average Bonchev–Trinajstić information content (AvgIpc) is 3.12. The molecule has 0 fully saturated rings. The highest BCUT2D eigenvalue weighted by molar-refractivity contribution is 5.93. The summed E-state index contributed by atoms with van der Waals surface area (Å²) < 4.78 is 14.8. The number of rotatable bonds is 3. The number of imidazole rings is 1. The van der Waals surface area contributed by atoms with Crippen LogP contribution in [0.1, 0.15) is 28.0 Å². The van der Waals surface area contributed by atoms with Gasteiger partial charge in [0.2, 0.25) is 0 Å². The third kappa shape index (κ3) is 3.18. The fourth-order valence-corrected chi connectivity index (χ4v) is 3.35. The van der Waals surface area contributed by atoms with Gasteiger partial charge in [0.1, 0.15) is 11.5 Å². The van der Waals surface area contributed by atoms with E-state index >= 15 is 0 Å². The zero-order valence-corrected chi connectivity index (χ0v) is 13.7. The Hall–Kier alpha value is -2.95. The zero-order valence-electron chi connectivity index (χ0n) is 13.7. The summed E-state index contributed by atoms with van der Waals surface area (Å²) >= 11 is 0. The molecule has 1 aliphatic rings. The number of hydrogen-bond donors (Lipinski definition) is 1. The molecule has 3 aromatic rings. The van der Waals surface area contributed by atoms with Crippen LogP contribution in [0.25, 0.3) is 5.69 Å². The molecule has 1 heterocycles. The molecule has 0 saturated carbocycles. The second-order valence-electron chi connectivity index (χ2n) is 6.31. The minimum Gasteiger partial charge on any atom is -0.348 e. The van der Waals surface area contributed by atoms with Gasteiger partial charge < -0.3 is 5.32 Å². The number of halogens is 1. The third-order valence-corrected chi connectivity index (χ3v) is 4.66. The van der Waals surface area contributed by atoms with E-state index in [0.29, 0.717) is 11.4 Å². The number of fused-ring (bicyclic) bond motifs is 1. The van der Waals surface area contributed by atoms with Crippen molar-refractivity contribution in [2.24, 2.45) is 0 Å². The summed E-state index contributed by atoms with van der Waals surface area (Å²) in [6.45, 7) is 0. The lowest BCUT2D eigenvalue weighted by Crippen LogP contribution is -2.39. The van der Waals surface area contributed by atoms with Gasteiger partial charge in [0.15, 0.2) is 0 Å². The second kappa shape index (κ2) is 6.51. The zero-order chi connectivity index (χ0) is 17.2. The van der Waals surface area contributed by atoms with Crippen molar-refractivity contribution in [2.45, 2.75) is 25.3 Å². The van der Waals surface area contributed by atoms with Crippen LogP contribution in [0.15, 0.2) is 61.1 Å². The van der Waals surface area contributed by atoms with Crippen molar-refractivity contribution < 1.29 is 9.18 Å². The molecule has 1 unspecified atom stereocenters. The first-order valence-electron chi connectivity index (χ1n) is 8.36. The van der Waals surface area contributed by atoms with Crippen molar-refractivity contribution in [1.82, 2.24) is 14.9 Å². The number of aromatic nitrogens is 2. The van der Waals surface area contributed by atoms with Crippen LogP contribution in [0.3, 0.4) is 0 Å². The summed E-state index contributed by atoms with van der Waals surface area (Å²) in [4.78, 5) is 16.8. The Morgan fingerprint density at radius 1 is 1.12 bits per heavy atom. The van der Waals surface area contributed by atoms with Gasteiger partial charge in [-0.25, -0.2) is 9.37 Å². The van der Waals surface area contributed by atoms with Crippen molar-refractivity contribution in [1.29, 1.82) is 0 Å². The summed E-state index contributed by atoms with van der Waals surface area (Å²) in [5.41, 5.74) is 3.82. The van der Waals surface area contributed by atoms with Crippen LogP contribution in [-0.4, -0.2) is 21.5 Å². The van der Waals surface area contributed by atoms with Gasteiger partial charge in [-0.3, -0.25) is 9.36 Å². The van der Waals surface area contributed by atoms with Gasteiger partial charge in [0, 0.05) is 11.7 Å². The molecule has 1 aliphatic carbocycles. The fraction of sp³-hybridized carbons (Fsp3) is 0.200. The lowest BCUT2D eigenvalue weighted by molar-refractivity contribution is 0.0926. The Morgan fingerprint density at radius 2 is 1.88 bits per heavy atom. The molecule has 4 rings (SSSR count). The molecule has 25 heavy (non-hydrogen) atoms. The number of amides is 1. The van der Waals surface area contributed by atoms with Crippen molar-refractivity contribution in [3.05, 3.63) is 83.7 Å². The molecule has 0 aliphatic heterocycles. The summed E-state index contributed by atoms with van der Waals surface area (Å²) in [7, 11) is 0. The molecule has 126 valence electrons. The third-order valence-electron chi connectivity index (χ3n) is 4.66. The molecule has 0 radical (unpaired) electrons. The summed E-state index contributed by atoms with van der Waals surface area (Å²) in [5, 5.41) is 3.11. The lowest BCUT2D eigenvalue weighted by Gasteiger charge is -2.25. The number of aryl methyl sites for hydroxylation is 1. The molecule has 2 aromatic carbocycles. The molecular weight excluding hydrogens is 317 g/mol. The molecule has 0 bridgehead atoms. The van der Waals surface area contributed by atoms with Crippen LogP contribution in [0.5, 0.6) is 0 Å². The molecule has 1 amide bonds. The van der Waals surface area contributed by atoms with Crippen LogP contribution in [-0.2, 0) is 12.8 Å². The van der Waals surface area contributed by atoms with Crippen LogP contribution >= 0.6 is 0 Å². The van der Waals surface area contributed by atoms with Gasteiger partial charge in [0.05, 0.1) is 12.5 Å². The van der Waals surface area contributed by atoms with Gasteiger partial charge in [-0.15, -0.1) is 0 Å². The summed E-state index contributed by atoms with van der Waals surface area (Å²) in [6.07, 6.45) is 5.84. The molecule has 4 nitrogen and oxygen atoms in total. The Bertz CT molecular complexity index is 901. The largest absolute Gasteiger partial charge is 0.348 e. The van der Waals surface area contributed by atoms with Gasteiger partial charge >= 0.3 is 0 Å². The first-order valence-corrected chi connectivity index (χ1v) is 8.36. The van der Waals surface area contributed by atoms with E-state index in [1.807, 2.05) is 6.07 Å². The first kappa shape index (κ1) is 15.6. The molecule has 1 N–H and O–H groups in total. The SMILES string of the molecule is O=C(NC1CCc2ccccc2C1)c1cncn1-c1ccc(F)cc1. The monoisotopic (exact) mass is 335 g/mol. The topological polar surface area (TPSA) is 46.9 Å². The Labute approximate surface area is 145 Å². The maximum atomic E-state index is 13.1. The summed E-state index contributed by atoms with van der Waals surface area (Å²) in [6, 6.07) is 14.5. The highest BCUT2D eigenvalue weighted by atomic mass is 19.1. The lowest BCUT2D eigenvalue weighted by atomic mass is 9.88. The number of carbonyl (C=O) groups excluding carboxylic acids is 1. The fourth-order valence-electron chi connectivity index (χ4n) is 3.35. The highest BCUT2D eigenvalue weighted by Gasteiger charge is 2.22. The minimum atomic E-state index is -0.310. The number of carbonyl (C=O) groups is 1. The molecular formula is C20H18FN3O. The van der Waals surface area contributed by atoms with Crippen LogP contribution in [0, 0.1) is 5.82 Å². The molecule has 0 spiro atoms. The van der Waals surface area contributed by atoms with E-state index in [4.69, 9.17) is 0 Å². The van der Waals surface area contributed by atoms with Crippen LogP contribution in [0.2, 0.25) is 0 Å². The number of nitrogens with zero attached hydrogens (tertiary/aromatic N) is 2. The Morgan fingerprint density at radius 3 is 2.68 bits per heavy atom. The van der Waals surface area contributed by atoms with Gasteiger partial charge in [-0.1, -0.05) is 24.3 Å². The van der Waals surface area contributed by atoms with E-state index in [2.05, 4.69) is 28.5 Å². The van der Waals surface area contributed by atoms with Crippen LogP contribution in [0.4, 0.5) is 4.39 Å². The molecule has 5 heteroatoms. The summed E-state index contributed by atoms with van der Waals surface area (Å²) in [5.74, 6) is -0.470. The van der Waals surface area contributed by atoms with Crippen molar-refractivity contribution in [3.8, 4) is 5.69 Å². The predicted octanol–water partition coefficient (Wildman–Crippen LogP) is 3.30. The van der Waals surface area contributed by atoms with E-state index in [9.17, 15) is 9.18 Å². The van der Waals surface area contributed by atoms with Gasteiger partial charge in [-0.2, -0.15) is 0 Å². The minimum absolute atomic E-state index is 0.110. The molecule has 0 saturated heterocycles. The van der Waals surface area contributed by atoms with Gasteiger partial charge in [0.25, 0.3) is 5.91 Å². The van der Waals surface area contributed by atoms with Crippen molar-refractivity contribution in [2.75, 3.05) is 0 Å². The van der Waals surface area contributed by atoms with Crippen molar-refractivity contribution >= 4 is 5.91 Å². The number of benzene rings is 2. The quantitative estimate of drug-likeness (QED) is 0.798. The normalized spacial score (nSPS) is 16.3. The smallest absolute Gasteiger partial charge is 0.270 e. The molecule has 1 aromatic heterocycles. The van der Waals surface area contributed by atoms with E-state index in [0.717, 1.165) is 19.3 Å². The van der Waals surface area contributed by atoms with E-state index in [-0.39, 0.29) is 17.8 Å². The van der Waals surface area contributed by atoms with E-state index < -0.39 is 0 Å². The van der Waals surface area contributed by atoms with Crippen LogP contribution < -0.4 is 5.32 Å². The van der Waals surface area contributed by atoms with Gasteiger partial charge in [-0.05, 0) is 54.7 Å². The van der Waals surface area contributed by atoms with Crippen molar-refractivity contribution in [3.63, 3.8) is 0 Å². The number of hydrogen-bond acceptors (Lipinski definition) is 2. The Kier molecular flexibility index (Phi) is 4.06. The first-order chi connectivity index (χ1) is 12.2. The predicted molar refractivity (Wildman–Crippen MR) is 93.2 cm³/mol. The standard InChI is InChI=1S/C20H18FN3O/c21-16-6-9-18(10-7-16)24-13-22-12-19(24)20(25)23-17-8-5-14-3-1-2-4-15(14)11-17/h1-4,6-7,9-10,12-13,17H,5,8,11H2,(H,23,25). The number of nitrogens with one attached hydrogen (secondary N) is 1.